The Labute approximate surface area is 385 Å². The lowest BCUT2D eigenvalue weighted by molar-refractivity contribution is 1.07. The van der Waals surface area contributed by atoms with Crippen LogP contribution in [-0.2, 0) is 0 Å². The van der Waals surface area contributed by atoms with Gasteiger partial charge in [-0.1, -0.05) is 188 Å². The highest BCUT2D eigenvalue weighted by atomic mass is 32.1. The van der Waals surface area contributed by atoms with E-state index >= 15 is 0 Å². The Bertz CT molecular complexity index is 3960. The molecule has 3 heterocycles. The molecule has 0 N–H and O–H groups in total. The Balaban J connectivity index is 1.01. The third-order valence-corrected chi connectivity index (χ3v) is 14.0. The molecule has 10 aromatic carbocycles. The summed E-state index contributed by atoms with van der Waals surface area (Å²) in [4.78, 5) is 16.0. The van der Waals surface area contributed by atoms with E-state index in [-0.39, 0.29) is 0 Å². The molecule has 3 aromatic heterocycles. The fourth-order valence-electron chi connectivity index (χ4n) is 9.71. The summed E-state index contributed by atoms with van der Waals surface area (Å²) in [5.41, 5.74) is 12.8. The SMILES string of the molecule is c1ccc(-c2ccc(-c3nc(-c4cccc(-c5ccc6c(c5)sc5ccccc56)c4)nc(-c4cccc(-c5cccc6ccccc56)c4)n3)cc2-n2c3ccccc3c3ccccc32)cc1. The van der Waals surface area contributed by atoms with Crippen LogP contribution in [0.25, 0.3) is 126 Å². The molecular formula is C61H38N4S. The fourth-order valence-corrected chi connectivity index (χ4v) is 10.9. The average Bonchev–Trinajstić information content (AvgIpc) is 3.94. The lowest BCUT2D eigenvalue weighted by Gasteiger charge is -2.16. The van der Waals surface area contributed by atoms with E-state index in [0.29, 0.717) is 17.5 Å². The first-order valence-corrected chi connectivity index (χ1v) is 23.1. The zero-order chi connectivity index (χ0) is 43.6. The van der Waals surface area contributed by atoms with Crippen LogP contribution in [0.15, 0.2) is 231 Å². The van der Waals surface area contributed by atoms with E-state index in [4.69, 9.17) is 15.0 Å². The van der Waals surface area contributed by atoms with E-state index in [1.54, 1.807) is 0 Å². The van der Waals surface area contributed by atoms with Crippen LogP contribution in [0.1, 0.15) is 0 Å². The quantitative estimate of drug-likeness (QED) is 0.160. The van der Waals surface area contributed by atoms with Gasteiger partial charge >= 0.3 is 0 Å². The van der Waals surface area contributed by atoms with Gasteiger partial charge in [-0.25, -0.2) is 15.0 Å². The van der Waals surface area contributed by atoms with Crippen LogP contribution in [0.2, 0.25) is 0 Å². The van der Waals surface area contributed by atoms with Crippen molar-refractivity contribution in [1.82, 2.24) is 19.5 Å². The maximum atomic E-state index is 5.35. The monoisotopic (exact) mass is 858 g/mol. The lowest BCUT2D eigenvalue weighted by Crippen LogP contribution is -2.02. The average molecular weight is 859 g/mol. The molecule has 308 valence electrons. The van der Waals surface area contributed by atoms with E-state index in [1.165, 1.54) is 47.3 Å². The van der Waals surface area contributed by atoms with Crippen molar-refractivity contribution in [2.75, 3.05) is 0 Å². The molecule has 13 rings (SSSR count). The largest absolute Gasteiger partial charge is 0.309 e. The summed E-state index contributed by atoms with van der Waals surface area (Å²) >= 11 is 1.84. The predicted molar refractivity (Wildman–Crippen MR) is 277 cm³/mol. The number of hydrogen-bond donors (Lipinski definition) is 0. The smallest absolute Gasteiger partial charge is 0.164 e. The number of rotatable bonds is 7. The molecule has 0 saturated heterocycles. The standard InChI is InChI=1S/C61H38N4S/c1-2-15-40(16-3-1)49-33-32-46(37-56(49)65-54-28-9-6-24-50(54)51-25-7-10-29-55(51)65)61-63-59(44-21-12-19-41(35-44)42-31-34-53-52-26-8-11-30-57(52)66-58(53)38-42)62-60(64-61)45-22-13-20-43(36-45)48-27-14-18-39-17-4-5-23-47(39)48/h1-38H. The zero-order valence-electron chi connectivity index (χ0n) is 35.6. The molecule has 0 saturated carbocycles. The Hall–Kier alpha value is -8.51. The Kier molecular flexibility index (Phi) is 9.00. The van der Waals surface area contributed by atoms with Gasteiger partial charge in [0, 0.05) is 53.2 Å². The van der Waals surface area contributed by atoms with Crippen molar-refractivity contribution in [3.8, 4) is 73.2 Å². The summed E-state index contributed by atoms with van der Waals surface area (Å²) in [5, 5.41) is 7.40. The van der Waals surface area contributed by atoms with Gasteiger partial charge in [0.15, 0.2) is 17.5 Å². The second kappa shape index (κ2) is 15.6. The molecule has 0 aliphatic carbocycles. The highest BCUT2D eigenvalue weighted by Crippen LogP contribution is 2.40. The van der Waals surface area contributed by atoms with Crippen LogP contribution >= 0.6 is 11.3 Å². The minimum atomic E-state index is 0.601. The molecule has 66 heavy (non-hydrogen) atoms. The minimum Gasteiger partial charge on any atom is -0.309 e. The summed E-state index contributed by atoms with van der Waals surface area (Å²) in [6, 6.07) is 82.3. The first-order valence-electron chi connectivity index (χ1n) is 22.3. The van der Waals surface area contributed by atoms with Crippen LogP contribution in [0.5, 0.6) is 0 Å². The molecule has 0 spiro atoms. The van der Waals surface area contributed by atoms with Gasteiger partial charge in [-0.2, -0.15) is 0 Å². The predicted octanol–water partition coefficient (Wildman–Crippen LogP) is 16.5. The van der Waals surface area contributed by atoms with Crippen molar-refractivity contribution in [2.45, 2.75) is 0 Å². The number of benzene rings is 10. The summed E-state index contributed by atoms with van der Waals surface area (Å²) in [7, 11) is 0. The molecule has 4 nitrogen and oxygen atoms in total. The van der Waals surface area contributed by atoms with E-state index in [2.05, 4.69) is 235 Å². The zero-order valence-corrected chi connectivity index (χ0v) is 36.5. The van der Waals surface area contributed by atoms with Gasteiger partial charge in [-0.3, -0.25) is 0 Å². The highest BCUT2D eigenvalue weighted by molar-refractivity contribution is 7.25. The normalized spacial score (nSPS) is 11.6. The van der Waals surface area contributed by atoms with Gasteiger partial charge in [0.1, 0.15) is 0 Å². The van der Waals surface area contributed by atoms with Crippen molar-refractivity contribution >= 4 is 64.1 Å². The Morgan fingerprint density at radius 2 is 0.788 bits per heavy atom. The van der Waals surface area contributed by atoms with Crippen molar-refractivity contribution < 1.29 is 0 Å². The number of aromatic nitrogens is 4. The number of fused-ring (bicyclic) bond motifs is 7. The van der Waals surface area contributed by atoms with Gasteiger partial charge in [0.05, 0.1) is 16.7 Å². The van der Waals surface area contributed by atoms with Gasteiger partial charge in [-0.05, 0) is 81.1 Å². The number of para-hydroxylation sites is 2. The van der Waals surface area contributed by atoms with E-state index in [1.807, 2.05) is 11.3 Å². The summed E-state index contributed by atoms with van der Waals surface area (Å²) in [5.74, 6) is 1.82. The number of nitrogens with zero attached hydrogens (tertiary/aromatic N) is 4. The molecule has 0 fully saturated rings. The summed E-state index contributed by atoms with van der Waals surface area (Å²) < 4.78 is 4.96. The third kappa shape index (κ3) is 6.48. The van der Waals surface area contributed by atoms with Crippen molar-refractivity contribution in [3.63, 3.8) is 0 Å². The van der Waals surface area contributed by atoms with Gasteiger partial charge in [-0.15, -0.1) is 11.3 Å². The van der Waals surface area contributed by atoms with Crippen molar-refractivity contribution in [2.24, 2.45) is 0 Å². The third-order valence-electron chi connectivity index (χ3n) is 12.9. The van der Waals surface area contributed by atoms with Crippen molar-refractivity contribution in [1.29, 1.82) is 0 Å². The van der Waals surface area contributed by atoms with Crippen LogP contribution in [-0.4, -0.2) is 19.5 Å². The Morgan fingerprint density at radius 1 is 0.288 bits per heavy atom. The molecule has 0 aliphatic heterocycles. The van der Waals surface area contributed by atoms with Gasteiger partial charge < -0.3 is 4.57 Å². The number of thiophene rings is 1. The van der Waals surface area contributed by atoms with Crippen LogP contribution in [0.3, 0.4) is 0 Å². The maximum Gasteiger partial charge on any atom is 0.164 e. The lowest BCUT2D eigenvalue weighted by atomic mass is 9.97. The Morgan fingerprint density at radius 3 is 1.53 bits per heavy atom. The van der Waals surface area contributed by atoms with Gasteiger partial charge in [0.25, 0.3) is 0 Å². The summed E-state index contributed by atoms with van der Waals surface area (Å²) in [6.07, 6.45) is 0. The van der Waals surface area contributed by atoms with E-state index in [9.17, 15) is 0 Å². The molecule has 0 radical (unpaired) electrons. The van der Waals surface area contributed by atoms with Crippen LogP contribution < -0.4 is 0 Å². The topological polar surface area (TPSA) is 43.6 Å². The molecule has 0 aliphatic rings. The molecule has 5 heteroatoms. The maximum absolute atomic E-state index is 5.35. The molecule has 0 unspecified atom stereocenters. The second-order valence-corrected chi connectivity index (χ2v) is 17.9. The fraction of sp³-hybridized carbons (Fsp3) is 0. The molecule has 0 amide bonds. The van der Waals surface area contributed by atoms with Gasteiger partial charge in [0.2, 0.25) is 0 Å². The first kappa shape index (κ1) is 38.0. The van der Waals surface area contributed by atoms with Crippen LogP contribution in [0.4, 0.5) is 0 Å². The minimum absolute atomic E-state index is 0.601. The molecule has 0 bridgehead atoms. The molecular weight excluding hydrogens is 821 g/mol. The first-order chi connectivity index (χ1) is 32.7. The van der Waals surface area contributed by atoms with E-state index in [0.717, 1.165) is 61.2 Å². The van der Waals surface area contributed by atoms with Crippen LogP contribution in [0, 0.1) is 0 Å². The second-order valence-electron chi connectivity index (χ2n) is 16.8. The van der Waals surface area contributed by atoms with E-state index < -0.39 is 0 Å². The van der Waals surface area contributed by atoms with Crippen molar-refractivity contribution in [3.05, 3.63) is 231 Å². The highest BCUT2D eigenvalue weighted by Gasteiger charge is 2.20. The molecule has 13 aromatic rings. The molecule has 0 atom stereocenters. The summed E-state index contributed by atoms with van der Waals surface area (Å²) in [6.45, 7) is 0. The number of hydrogen-bond acceptors (Lipinski definition) is 4.